The van der Waals surface area contributed by atoms with Crippen molar-refractivity contribution in [2.24, 2.45) is 0 Å². The minimum Gasteiger partial charge on any atom is -0.444 e. The highest BCUT2D eigenvalue weighted by molar-refractivity contribution is 9.10. The van der Waals surface area contributed by atoms with Crippen molar-refractivity contribution in [2.45, 2.75) is 38.4 Å². The van der Waals surface area contributed by atoms with Gasteiger partial charge in [0.2, 0.25) is 0 Å². The molecule has 1 aliphatic heterocycles. The molecule has 0 saturated carbocycles. The van der Waals surface area contributed by atoms with Gasteiger partial charge in [-0.25, -0.2) is 9.78 Å². The minimum absolute atomic E-state index is 0.148. The Bertz CT molecular complexity index is 501. The molecule has 2 atom stereocenters. The molecule has 0 radical (unpaired) electrons. The number of hydrogen-bond donors (Lipinski definition) is 1. The van der Waals surface area contributed by atoms with Gasteiger partial charge >= 0.3 is 6.09 Å². The summed E-state index contributed by atoms with van der Waals surface area (Å²) in [6.07, 6.45) is 0.683. The number of pyridine rings is 1. The van der Waals surface area contributed by atoms with E-state index in [1.54, 1.807) is 11.1 Å². The molecule has 0 spiro atoms. The number of halogens is 1. The van der Waals surface area contributed by atoms with E-state index in [2.05, 4.69) is 20.9 Å². The van der Waals surface area contributed by atoms with E-state index in [-0.39, 0.29) is 18.6 Å². The van der Waals surface area contributed by atoms with Crippen LogP contribution in [0.2, 0.25) is 0 Å². The minimum atomic E-state index is -0.608. The summed E-state index contributed by atoms with van der Waals surface area (Å²) in [4.78, 5) is 17.7. The zero-order valence-corrected chi connectivity index (χ0v) is 13.4. The van der Waals surface area contributed by atoms with Crippen LogP contribution in [0.3, 0.4) is 0 Å². The lowest BCUT2D eigenvalue weighted by molar-refractivity contribution is 0.0270. The van der Waals surface area contributed by atoms with Crippen molar-refractivity contribution < 1.29 is 14.6 Å². The molecule has 110 valence electrons. The Morgan fingerprint density at radius 3 is 2.80 bits per heavy atom. The van der Waals surface area contributed by atoms with Crippen LogP contribution in [0.1, 0.15) is 32.3 Å². The fourth-order valence-corrected chi connectivity index (χ4v) is 2.79. The monoisotopic (exact) mass is 342 g/mol. The Morgan fingerprint density at radius 2 is 2.20 bits per heavy atom. The highest BCUT2D eigenvalue weighted by atomic mass is 79.9. The quantitative estimate of drug-likeness (QED) is 0.796. The smallest absolute Gasteiger partial charge is 0.410 e. The van der Waals surface area contributed by atoms with Gasteiger partial charge in [-0.05, 0) is 48.3 Å². The molecule has 20 heavy (non-hydrogen) atoms. The van der Waals surface area contributed by atoms with E-state index < -0.39 is 11.7 Å². The Balaban J connectivity index is 2.10. The summed E-state index contributed by atoms with van der Waals surface area (Å²) in [5.41, 5.74) is 0.376. The number of hydrogen-bond acceptors (Lipinski definition) is 4. The molecule has 1 amide bonds. The lowest BCUT2D eigenvalue weighted by atomic mass is 9.98. The van der Waals surface area contributed by atoms with E-state index >= 15 is 0 Å². The number of carbonyl (C=O) groups is 1. The first-order chi connectivity index (χ1) is 9.28. The van der Waals surface area contributed by atoms with E-state index in [0.29, 0.717) is 11.1 Å². The van der Waals surface area contributed by atoms with Crippen molar-refractivity contribution in [3.63, 3.8) is 0 Å². The number of carbonyl (C=O) groups excluding carboxylic acids is 1. The maximum absolute atomic E-state index is 12.0. The maximum Gasteiger partial charge on any atom is 0.410 e. The highest BCUT2D eigenvalue weighted by Gasteiger charge is 2.37. The van der Waals surface area contributed by atoms with Gasteiger partial charge in [0.15, 0.2) is 0 Å². The van der Waals surface area contributed by atoms with Crippen LogP contribution in [-0.2, 0) is 4.74 Å². The van der Waals surface area contributed by atoms with E-state index in [0.717, 1.165) is 5.56 Å². The zero-order chi connectivity index (χ0) is 14.9. The number of ether oxygens (including phenoxy) is 1. The van der Waals surface area contributed by atoms with E-state index in [4.69, 9.17) is 4.74 Å². The van der Waals surface area contributed by atoms with Crippen molar-refractivity contribution in [3.8, 4) is 0 Å². The van der Waals surface area contributed by atoms with Crippen LogP contribution < -0.4 is 0 Å². The molecule has 2 rings (SSSR count). The normalized spacial score (nSPS) is 22.9. The summed E-state index contributed by atoms with van der Waals surface area (Å²) in [5, 5.41) is 10.2. The Morgan fingerprint density at radius 1 is 1.50 bits per heavy atom. The lowest BCUT2D eigenvalue weighted by Gasteiger charge is -2.24. The molecule has 0 unspecified atom stereocenters. The number of rotatable bonds is 1. The van der Waals surface area contributed by atoms with Gasteiger partial charge in [0.25, 0.3) is 0 Å². The number of nitrogens with zero attached hydrogens (tertiary/aromatic N) is 2. The third kappa shape index (κ3) is 3.49. The third-order valence-electron chi connectivity index (χ3n) is 3.13. The van der Waals surface area contributed by atoms with E-state index in [9.17, 15) is 9.90 Å². The summed E-state index contributed by atoms with van der Waals surface area (Å²) in [6, 6.07) is 3.73. The largest absolute Gasteiger partial charge is 0.444 e. The molecule has 1 aromatic heterocycles. The Kier molecular flexibility index (Phi) is 4.34. The van der Waals surface area contributed by atoms with Gasteiger partial charge in [-0.1, -0.05) is 6.07 Å². The fourth-order valence-electron chi connectivity index (χ4n) is 2.24. The molecule has 1 saturated heterocycles. The average molecular weight is 343 g/mol. The second-order valence-corrected chi connectivity index (χ2v) is 6.69. The van der Waals surface area contributed by atoms with Gasteiger partial charge in [-0.15, -0.1) is 0 Å². The predicted molar refractivity (Wildman–Crippen MR) is 78.5 cm³/mol. The molecule has 5 nitrogen and oxygen atoms in total. The van der Waals surface area contributed by atoms with Gasteiger partial charge in [-0.3, -0.25) is 0 Å². The molecule has 1 fully saturated rings. The predicted octanol–water partition coefficient (Wildman–Crippen LogP) is 2.54. The lowest BCUT2D eigenvalue weighted by Crippen LogP contribution is -2.35. The first kappa shape index (κ1) is 15.3. The average Bonchev–Trinajstić information content (AvgIpc) is 2.70. The molecule has 0 bridgehead atoms. The number of likely N-dealkylation sites (tertiary alicyclic amines) is 1. The summed E-state index contributed by atoms with van der Waals surface area (Å²) in [5.74, 6) is -0.148. The molecule has 2 heterocycles. The van der Waals surface area contributed by atoms with Gasteiger partial charge in [0.05, 0.1) is 12.6 Å². The van der Waals surface area contributed by atoms with Crippen LogP contribution >= 0.6 is 15.9 Å². The van der Waals surface area contributed by atoms with Crippen LogP contribution in [-0.4, -0.2) is 45.9 Å². The standard InChI is InChI=1S/C14H19BrN2O3/c1-14(2,3)20-13(19)17-7-10(11(18)8-17)9-5-4-6-16-12(9)15/h4-6,10-11,18H,7-8H2,1-3H3/t10-,11+/m0/s1. The number of aromatic nitrogens is 1. The van der Waals surface area contributed by atoms with Crippen molar-refractivity contribution >= 4 is 22.0 Å². The van der Waals surface area contributed by atoms with E-state index in [1.807, 2.05) is 32.9 Å². The number of amides is 1. The van der Waals surface area contributed by atoms with Crippen molar-refractivity contribution in [1.82, 2.24) is 9.88 Å². The molecular formula is C14H19BrN2O3. The van der Waals surface area contributed by atoms with Crippen LogP contribution in [0.15, 0.2) is 22.9 Å². The summed E-state index contributed by atoms with van der Waals surface area (Å²) < 4.78 is 6.04. The second-order valence-electron chi connectivity index (χ2n) is 5.94. The Hall–Kier alpha value is -1.14. The van der Waals surface area contributed by atoms with Gasteiger partial charge < -0.3 is 14.7 Å². The zero-order valence-electron chi connectivity index (χ0n) is 11.8. The van der Waals surface area contributed by atoms with E-state index in [1.165, 1.54) is 0 Å². The van der Waals surface area contributed by atoms with Gasteiger partial charge in [0, 0.05) is 18.7 Å². The number of aliphatic hydroxyl groups is 1. The summed E-state index contributed by atoms with van der Waals surface area (Å²) in [7, 11) is 0. The highest BCUT2D eigenvalue weighted by Crippen LogP contribution is 2.32. The number of aliphatic hydroxyl groups excluding tert-OH is 1. The molecular weight excluding hydrogens is 324 g/mol. The number of β-amino-alcohol motifs (C(OH)–C–C–N with tert-alkyl or cyclic N) is 1. The van der Waals surface area contributed by atoms with Gasteiger partial charge in [0.1, 0.15) is 10.2 Å². The molecule has 6 heteroatoms. The third-order valence-corrected chi connectivity index (χ3v) is 3.79. The summed E-state index contributed by atoms with van der Waals surface area (Å²) in [6.45, 7) is 6.19. The fraction of sp³-hybridized carbons (Fsp3) is 0.571. The van der Waals surface area contributed by atoms with Crippen LogP contribution in [0.25, 0.3) is 0 Å². The van der Waals surface area contributed by atoms with Crippen molar-refractivity contribution in [3.05, 3.63) is 28.5 Å². The SMILES string of the molecule is CC(C)(C)OC(=O)N1C[C@@H](O)[C@H](c2cccnc2Br)C1. The topological polar surface area (TPSA) is 62.7 Å². The maximum atomic E-state index is 12.0. The van der Waals surface area contributed by atoms with Crippen LogP contribution in [0, 0.1) is 0 Å². The van der Waals surface area contributed by atoms with Crippen molar-refractivity contribution in [1.29, 1.82) is 0 Å². The van der Waals surface area contributed by atoms with Crippen LogP contribution in [0.5, 0.6) is 0 Å². The first-order valence-electron chi connectivity index (χ1n) is 6.54. The molecule has 1 N–H and O–H groups in total. The second kappa shape index (κ2) is 5.69. The molecule has 1 aliphatic rings. The van der Waals surface area contributed by atoms with Gasteiger partial charge in [-0.2, -0.15) is 0 Å². The van der Waals surface area contributed by atoms with Crippen molar-refractivity contribution in [2.75, 3.05) is 13.1 Å². The molecule has 0 aromatic carbocycles. The Labute approximate surface area is 127 Å². The molecule has 0 aliphatic carbocycles. The molecule has 1 aromatic rings. The summed E-state index contributed by atoms with van der Waals surface area (Å²) >= 11 is 3.38. The van der Waals surface area contributed by atoms with Crippen LogP contribution in [0.4, 0.5) is 4.79 Å². The first-order valence-corrected chi connectivity index (χ1v) is 7.33.